The van der Waals surface area contributed by atoms with Crippen molar-refractivity contribution in [3.63, 3.8) is 0 Å². The van der Waals surface area contributed by atoms with E-state index in [-0.39, 0.29) is 11.6 Å². The number of hydrogen-bond donors (Lipinski definition) is 2. The van der Waals surface area contributed by atoms with Crippen LogP contribution in [0.3, 0.4) is 0 Å². The van der Waals surface area contributed by atoms with Crippen molar-refractivity contribution in [3.05, 3.63) is 11.1 Å². The van der Waals surface area contributed by atoms with Crippen molar-refractivity contribution in [2.24, 2.45) is 0 Å². The quantitative estimate of drug-likeness (QED) is 0.798. The van der Waals surface area contributed by atoms with Crippen LogP contribution in [-0.2, 0) is 6.54 Å². The lowest BCUT2D eigenvalue weighted by molar-refractivity contribution is 0.0958. The highest BCUT2D eigenvalue weighted by Crippen LogP contribution is 2.22. The third-order valence-corrected chi connectivity index (χ3v) is 4.40. The van der Waals surface area contributed by atoms with E-state index in [4.69, 9.17) is 0 Å². The molecule has 1 rings (SSSR count). The van der Waals surface area contributed by atoms with E-state index in [2.05, 4.69) is 29.0 Å². The van der Waals surface area contributed by atoms with Crippen molar-refractivity contribution < 1.29 is 5.11 Å². The zero-order chi connectivity index (χ0) is 13.8. The first kappa shape index (κ1) is 15.4. The molecule has 1 atom stereocenters. The fourth-order valence-corrected chi connectivity index (χ4v) is 2.46. The predicted octanol–water partition coefficient (Wildman–Crippen LogP) is 2.24. The Morgan fingerprint density at radius 2 is 2.06 bits per heavy atom. The molecule has 0 saturated heterocycles. The molecule has 0 fully saturated rings. The molecule has 0 amide bonds. The van der Waals surface area contributed by atoms with Gasteiger partial charge in [0.25, 0.3) is 0 Å². The lowest BCUT2D eigenvalue weighted by Gasteiger charge is -2.29. The van der Waals surface area contributed by atoms with E-state index in [1.54, 1.807) is 18.3 Å². The number of nitrogens with zero attached hydrogens (tertiary/aromatic N) is 2. The van der Waals surface area contributed by atoms with Gasteiger partial charge in [-0.2, -0.15) is 0 Å². The molecular formula is C13H25N3OS. The highest BCUT2D eigenvalue weighted by molar-refractivity contribution is 7.15. The van der Waals surface area contributed by atoms with Crippen LogP contribution in [0.4, 0.5) is 5.13 Å². The molecule has 0 saturated carbocycles. The van der Waals surface area contributed by atoms with Gasteiger partial charge in [-0.05, 0) is 34.6 Å². The van der Waals surface area contributed by atoms with Crippen molar-refractivity contribution in [2.45, 2.75) is 52.8 Å². The van der Waals surface area contributed by atoms with E-state index >= 15 is 0 Å². The molecule has 0 bridgehead atoms. The van der Waals surface area contributed by atoms with Crippen molar-refractivity contribution in [1.29, 1.82) is 0 Å². The smallest absolute Gasteiger partial charge is 0.185 e. The maximum atomic E-state index is 9.64. The normalized spacial score (nSPS) is 13.7. The van der Waals surface area contributed by atoms with Crippen LogP contribution in [0, 0.1) is 0 Å². The van der Waals surface area contributed by atoms with E-state index in [1.807, 2.05) is 20.0 Å². The number of thiazole rings is 1. The molecule has 0 aliphatic heterocycles. The van der Waals surface area contributed by atoms with Gasteiger partial charge in [-0.3, -0.25) is 0 Å². The summed E-state index contributed by atoms with van der Waals surface area (Å²) in [6, 6.07) is 0. The van der Waals surface area contributed by atoms with Crippen LogP contribution in [0.15, 0.2) is 6.20 Å². The first-order chi connectivity index (χ1) is 8.40. The Hall–Kier alpha value is -0.650. The van der Waals surface area contributed by atoms with Gasteiger partial charge in [0.15, 0.2) is 5.13 Å². The number of aromatic nitrogens is 1. The second-order valence-corrected chi connectivity index (χ2v) is 6.13. The second-order valence-electron chi connectivity index (χ2n) is 5.03. The molecule has 1 aromatic rings. The van der Waals surface area contributed by atoms with Gasteiger partial charge in [0.05, 0.1) is 6.10 Å². The van der Waals surface area contributed by atoms with Crippen molar-refractivity contribution >= 4 is 16.5 Å². The number of rotatable bonds is 7. The molecule has 1 unspecified atom stereocenters. The third-order valence-electron chi connectivity index (χ3n) is 3.34. The summed E-state index contributed by atoms with van der Waals surface area (Å²) in [5, 5.41) is 14.1. The van der Waals surface area contributed by atoms with Gasteiger partial charge in [-0.15, -0.1) is 11.3 Å². The molecule has 0 aromatic carbocycles. The van der Waals surface area contributed by atoms with Gasteiger partial charge >= 0.3 is 0 Å². The van der Waals surface area contributed by atoms with Crippen LogP contribution in [0.1, 0.15) is 39.5 Å². The maximum absolute atomic E-state index is 9.64. The minimum absolute atomic E-state index is 0.278. The molecular weight excluding hydrogens is 246 g/mol. The number of anilines is 1. The minimum atomic E-state index is -0.382. The summed E-state index contributed by atoms with van der Waals surface area (Å²) in [6.45, 7) is 12.8. The number of nitrogens with one attached hydrogen (secondary N) is 1. The molecule has 18 heavy (non-hydrogen) atoms. The van der Waals surface area contributed by atoms with Crippen LogP contribution >= 0.6 is 11.3 Å². The molecule has 2 N–H and O–H groups in total. The lowest BCUT2D eigenvalue weighted by Crippen LogP contribution is -2.47. The molecule has 5 heteroatoms. The van der Waals surface area contributed by atoms with E-state index in [0.29, 0.717) is 0 Å². The topological polar surface area (TPSA) is 48.4 Å². The van der Waals surface area contributed by atoms with Crippen LogP contribution in [0.5, 0.6) is 0 Å². The van der Waals surface area contributed by atoms with Gasteiger partial charge < -0.3 is 15.3 Å². The lowest BCUT2D eigenvalue weighted by atomic mass is 9.99. The number of hydrogen-bond acceptors (Lipinski definition) is 5. The molecule has 104 valence electrons. The zero-order valence-corrected chi connectivity index (χ0v) is 12.8. The highest BCUT2D eigenvalue weighted by Gasteiger charge is 2.23. The van der Waals surface area contributed by atoms with Gasteiger partial charge in [-0.1, -0.05) is 0 Å². The molecule has 1 heterocycles. The Kier molecular flexibility index (Phi) is 5.56. The largest absolute Gasteiger partial charge is 0.392 e. The summed E-state index contributed by atoms with van der Waals surface area (Å²) in [5.41, 5.74) is -0.278. The Balaban J connectivity index is 2.59. The van der Waals surface area contributed by atoms with E-state index in [9.17, 15) is 5.11 Å². The van der Waals surface area contributed by atoms with Crippen molar-refractivity contribution in [3.8, 4) is 0 Å². The maximum Gasteiger partial charge on any atom is 0.185 e. The molecule has 0 radical (unpaired) electrons. The van der Waals surface area contributed by atoms with E-state index in [0.717, 1.165) is 24.8 Å². The standard InChI is InChI=1S/C13H25N3OS/c1-6-16(7-2)12-14-8-11(18-12)9-15-13(4,5)10(3)17/h8,10,15,17H,6-7,9H2,1-5H3. The van der Waals surface area contributed by atoms with E-state index < -0.39 is 0 Å². The summed E-state index contributed by atoms with van der Waals surface area (Å²) >= 11 is 1.71. The van der Waals surface area contributed by atoms with Crippen molar-refractivity contribution in [1.82, 2.24) is 10.3 Å². The average molecular weight is 271 g/mol. The molecule has 0 aliphatic rings. The zero-order valence-electron chi connectivity index (χ0n) is 12.0. The Bertz CT molecular complexity index is 359. The Morgan fingerprint density at radius 1 is 1.44 bits per heavy atom. The molecule has 0 aliphatic carbocycles. The fourth-order valence-electron chi connectivity index (χ4n) is 1.48. The number of aliphatic hydroxyl groups is 1. The highest BCUT2D eigenvalue weighted by atomic mass is 32.1. The van der Waals surface area contributed by atoms with Gasteiger partial charge in [0.2, 0.25) is 0 Å². The Labute approximate surface area is 114 Å². The van der Waals surface area contributed by atoms with Crippen LogP contribution in [0.2, 0.25) is 0 Å². The number of aliphatic hydroxyl groups excluding tert-OH is 1. The molecule has 1 aromatic heterocycles. The van der Waals surface area contributed by atoms with Crippen molar-refractivity contribution in [2.75, 3.05) is 18.0 Å². The Morgan fingerprint density at radius 3 is 2.56 bits per heavy atom. The predicted molar refractivity (Wildman–Crippen MR) is 78.3 cm³/mol. The third kappa shape index (κ3) is 3.93. The fraction of sp³-hybridized carbons (Fsp3) is 0.769. The summed E-state index contributed by atoms with van der Waals surface area (Å²) < 4.78 is 0. The van der Waals surface area contributed by atoms with Gasteiger partial charge in [0, 0.05) is 36.2 Å². The second kappa shape index (κ2) is 6.50. The molecule has 4 nitrogen and oxygen atoms in total. The van der Waals surface area contributed by atoms with Crippen LogP contribution in [-0.4, -0.2) is 34.8 Å². The van der Waals surface area contributed by atoms with Gasteiger partial charge in [0.1, 0.15) is 0 Å². The molecule has 0 spiro atoms. The van der Waals surface area contributed by atoms with Gasteiger partial charge in [-0.25, -0.2) is 4.98 Å². The first-order valence-corrected chi connectivity index (χ1v) is 7.35. The summed E-state index contributed by atoms with van der Waals surface area (Å²) in [4.78, 5) is 7.89. The van der Waals surface area contributed by atoms with E-state index in [1.165, 1.54) is 4.88 Å². The van der Waals surface area contributed by atoms with Crippen LogP contribution in [0.25, 0.3) is 0 Å². The average Bonchev–Trinajstić information content (AvgIpc) is 2.77. The van der Waals surface area contributed by atoms with Crippen LogP contribution < -0.4 is 10.2 Å². The SMILES string of the molecule is CCN(CC)c1ncc(CNC(C)(C)C(C)O)s1. The monoisotopic (exact) mass is 271 g/mol. The summed E-state index contributed by atoms with van der Waals surface area (Å²) in [7, 11) is 0. The minimum Gasteiger partial charge on any atom is -0.392 e. The summed E-state index contributed by atoms with van der Waals surface area (Å²) in [6.07, 6.45) is 1.54. The summed E-state index contributed by atoms with van der Waals surface area (Å²) in [5.74, 6) is 0. The first-order valence-electron chi connectivity index (χ1n) is 6.53.